The van der Waals surface area contributed by atoms with E-state index in [2.05, 4.69) is 11.9 Å². The van der Waals surface area contributed by atoms with Crippen molar-refractivity contribution in [1.29, 1.82) is 0 Å². The van der Waals surface area contributed by atoms with Crippen LogP contribution in [-0.2, 0) is 9.47 Å². The molecule has 2 unspecified atom stereocenters. The second kappa shape index (κ2) is 5.68. The minimum atomic E-state index is -0.315. The van der Waals surface area contributed by atoms with Gasteiger partial charge in [0, 0.05) is 31.5 Å². The summed E-state index contributed by atoms with van der Waals surface area (Å²) in [5.41, 5.74) is 6.35. The molecule has 0 aromatic rings. The summed E-state index contributed by atoms with van der Waals surface area (Å²) in [7, 11) is 2.23. The van der Waals surface area contributed by atoms with Crippen LogP contribution in [-0.4, -0.2) is 49.6 Å². The fourth-order valence-electron chi connectivity index (χ4n) is 4.13. The van der Waals surface area contributed by atoms with Crippen molar-refractivity contribution in [3.63, 3.8) is 0 Å². The van der Waals surface area contributed by atoms with Crippen LogP contribution < -0.4 is 5.73 Å². The predicted molar refractivity (Wildman–Crippen MR) is 74.8 cm³/mol. The molecule has 110 valence electrons. The van der Waals surface area contributed by atoms with Crippen LogP contribution >= 0.6 is 0 Å². The minimum Gasteiger partial charge on any atom is -0.347 e. The number of likely N-dealkylation sites (N-methyl/N-ethyl adjacent to an activating group) is 1. The fraction of sp³-hybridized carbons (Fsp3) is 1.00. The molecule has 4 heteroatoms. The van der Waals surface area contributed by atoms with Crippen LogP contribution in [0.5, 0.6) is 0 Å². The van der Waals surface area contributed by atoms with Crippen LogP contribution in [0.15, 0.2) is 0 Å². The summed E-state index contributed by atoms with van der Waals surface area (Å²) in [4.78, 5) is 2.48. The highest BCUT2D eigenvalue weighted by Gasteiger charge is 2.45. The van der Waals surface area contributed by atoms with Gasteiger partial charge in [-0.3, -0.25) is 0 Å². The van der Waals surface area contributed by atoms with E-state index < -0.39 is 0 Å². The molecule has 2 N–H and O–H groups in total. The van der Waals surface area contributed by atoms with Gasteiger partial charge in [0.15, 0.2) is 5.79 Å². The maximum atomic E-state index is 6.35. The molecular formula is C15H28N2O2. The number of rotatable bonds is 3. The first kappa shape index (κ1) is 13.8. The lowest BCUT2D eigenvalue weighted by Crippen LogP contribution is -2.56. The van der Waals surface area contributed by atoms with Crippen LogP contribution in [0.3, 0.4) is 0 Å². The zero-order valence-electron chi connectivity index (χ0n) is 12.1. The molecule has 0 bridgehead atoms. The monoisotopic (exact) mass is 268 g/mol. The Labute approximate surface area is 116 Å². The van der Waals surface area contributed by atoms with Crippen molar-refractivity contribution < 1.29 is 9.47 Å². The highest BCUT2D eigenvalue weighted by atomic mass is 16.7. The molecule has 2 atom stereocenters. The van der Waals surface area contributed by atoms with E-state index >= 15 is 0 Å². The van der Waals surface area contributed by atoms with Crippen molar-refractivity contribution >= 4 is 0 Å². The van der Waals surface area contributed by atoms with Gasteiger partial charge in [0.05, 0.1) is 13.2 Å². The van der Waals surface area contributed by atoms with Gasteiger partial charge in [0.1, 0.15) is 0 Å². The quantitative estimate of drug-likeness (QED) is 0.847. The summed E-state index contributed by atoms with van der Waals surface area (Å²) in [5.74, 6) is 0.560. The Kier molecular flexibility index (Phi) is 4.13. The molecule has 1 saturated heterocycles. The van der Waals surface area contributed by atoms with Gasteiger partial charge in [-0.25, -0.2) is 0 Å². The Morgan fingerprint density at radius 3 is 2.53 bits per heavy atom. The average Bonchev–Trinajstić information content (AvgIpc) is 3.05. The summed E-state index contributed by atoms with van der Waals surface area (Å²) in [6, 6.07) is 0.678. The maximum absolute atomic E-state index is 6.35. The Morgan fingerprint density at radius 1 is 1.16 bits per heavy atom. The lowest BCUT2D eigenvalue weighted by atomic mass is 9.85. The number of nitrogens with zero attached hydrogens (tertiary/aromatic N) is 1. The maximum Gasteiger partial charge on any atom is 0.170 e. The first-order valence-corrected chi connectivity index (χ1v) is 7.92. The molecule has 4 nitrogen and oxygen atoms in total. The van der Waals surface area contributed by atoms with Gasteiger partial charge in [-0.1, -0.05) is 12.8 Å². The zero-order chi connectivity index (χ0) is 13.3. The molecule has 0 amide bonds. The van der Waals surface area contributed by atoms with Crippen LogP contribution in [0.4, 0.5) is 0 Å². The van der Waals surface area contributed by atoms with Crippen LogP contribution in [0.25, 0.3) is 0 Å². The van der Waals surface area contributed by atoms with E-state index in [1.165, 1.54) is 32.2 Å². The Bertz CT molecular complexity index is 299. The molecule has 3 aliphatic rings. The molecule has 2 saturated carbocycles. The fourth-order valence-corrected chi connectivity index (χ4v) is 4.13. The van der Waals surface area contributed by atoms with Gasteiger partial charge in [-0.05, 0) is 32.2 Å². The van der Waals surface area contributed by atoms with Crippen molar-refractivity contribution in [3.8, 4) is 0 Å². The highest BCUT2D eigenvalue weighted by molar-refractivity contribution is 4.94. The lowest BCUT2D eigenvalue weighted by molar-refractivity contribution is -0.191. The van der Waals surface area contributed by atoms with Gasteiger partial charge >= 0.3 is 0 Å². The first-order chi connectivity index (χ1) is 9.19. The molecular weight excluding hydrogens is 240 g/mol. The predicted octanol–water partition coefficient (Wildman–Crippen LogP) is 1.73. The Hall–Kier alpha value is -0.160. The molecule has 1 aliphatic heterocycles. The van der Waals surface area contributed by atoms with Crippen molar-refractivity contribution in [1.82, 2.24) is 4.90 Å². The van der Waals surface area contributed by atoms with E-state index in [0.29, 0.717) is 6.04 Å². The standard InChI is InChI=1S/C15H28N2O2/c1-17(11-12-4-2-3-5-12)14-10-15(7-6-13(14)16)18-8-9-19-15/h12-14H,2-11,16H2,1H3. The summed E-state index contributed by atoms with van der Waals surface area (Å²) in [5, 5.41) is 0. The van der Waals surface area contributed by atoms with E-state index in [0.717, 1.165) is 38.4 Å². The van der Waals surface area contributed by atoms with Gasteiger partial charge in [0.25, 0.3) is 0 Å². The summed E-state index contributed by atoms with van der Waals surface area (Å²) >= 11 is 0. The van der Waals surface area contributed by atoms with E-state index in [1.807, 2.05) is 0 Å². The second-order valence-corrected chi connectivity index (χ2v) is 6.67. The molecule has 2 aliphatic carbocycles. The third-order valence-electron chi connectivity index (χ3n) is 5.27. The Morgan fingerprint density at radius 2 is 1.84 bits per heavy atom. The molecule has 1 spiro atoms. The smallest absolute Gasteiger partial charge is 0.170 e. The zero-order valence-corrected chi connectivity index (χ0v) is 12.1. The van der Waals surface area contributed by atoms with E-state index in [1.54, 1.807) is 0 Å². The van der Waals surface area contributed by atoms with Crippen LogP contribution in [0.2, 0.25) is 0 Å². The van der Waals surface area contributed by atoms with Crippen LogP contribution in [0, 0.1) is 5.92 Å². The molecule has 0 radical (unpaired) electrons. The van der Waals surface area contributed by atoms with Crippen molar-refractivity contribution in [2.75, 3.05) is 26.8 Å². The van der Waals surface area contributed by atoms with Crippen LogP contribution in [0.1, 0.15) is 44.9 Å². The highest BCUT2D eigenvalue weighted by Crippen LogP contribution is 2.37. The van der Waals surface area contributed by atoms with Gasteiger partial charge in [-0.15, -0.1) is 0 Å². The van der Waals surface area contributed by atoms with Crippen molar-refractivity contribution in [3.05, 3.63) is 0 Å². The van der Waals surface area contributed by atoms with Gasteiger partial charge in [0.2, 0.25) is 0 Å². The third-order valence-corrected chi connectivity index (χ3v) is 5.27. The van der Waals surface area contributed by atoms with E-state index in [4.69, 9.17) is 15.2 Å². The van der Waals surface area contributed by atoms with Crippen molar-refractivity contribution in [2.24, 2.45) is 11.7 Å². The average molecular weight is 268 g/mol. The second-order valence-electron chi connectivity index (χ2n) is 6.67. The molecule has 1 heterocycles. The van der Waals surface area contributed by atoms with E-state index in [-0.39, 0.29) is 11.8 Å². The number of hydrogen-bond acceptors (Lipinski definition) is 4. The normalized spacial score (nSPS) is 35.5. The third kappa shape index (κ3) is 2.97. The van der Waals surface area contributed by atoms with E-state index in [9.17, 15) is 0 Å². The number of hydrogen-bond donors (Lipinski definition) is 1. The number of nitrogens with two attached hydrogens (primary N) is 1. The topological polar surface area (TPSA) is 47.7 Å². The minimum absolute atomic E-state index is 0.268. The first-order valence-electron chi connectivity index (χ1n) is 7.92. The largest absolute Gasteiger partial charge is 0.347 e. The van der Waals surface area contributed by atoms with Gasteiger partial charge < -0.3 is 20.1 Å². The van der Waals surface area contributed by atoms with Gasteiger partial charge in [-0.2, -0.15) is 0 Å². The molecule has 3 fully saturated rings. The SMILES string of the molecule is CN(CC1CCCC1)C1CC2(CCC1N)OCCO2. The molecule has 19 heavy (non-hydrogen) atoms. The summed E-state index contributed by atoms with van der Waals surface area (Å²) in [6.07, 6.45) is 8.52. The molecule has 0 aromatic carbocycles. The number of ether oxygens (including phenoxy) is 2. The molecule has 3 rings (SSSR count). The Balaban J connectivity index is 1.60. The lowest BCUT2D eigenvalue weighted by Gasteiger charge is -2.44. The summed E-state index contributed by atoms with van der Waals surface area (Å²) < 4.78 is 11.8. The summed E-state index contributed by atoms with van der Waals surface area (Å²) in [6.45, 7) is 2.68. The van der Waals surface area contributed by atoms with Crippen molar-refractivity contribution in [2.45, 2.75) is 62.8 Å². The molecule has 0 aromatic heterocycles.